The van der Waals surface area contributed by atoms with Crippen molar-refractivity contribution < 1.29 is 14.7 Å². The molecule has 1 saturated heterocycles. The van der Waals surface area contributed by atoms with E-state index in [1.807, 2.05) is 12.2 Å². The summed E-state index contributed by atoms with van der Waals surface area (Å²) in [6.45, 7) is 0.682. The van der Waals surface area contributed by atoms with Crippen LogP contribution in [0.15, 0.2) is 12.2 Å². The number of aliphatic carboxylic acids is 1. The molecule has 0 aromatic heterocycles. The average Bonchev–Trinajstić information content (AvgIpc) is 2.48. The van der Waals surface area contributed by atoms with Crippen molar-refractivity contribution in [3.05, 3.63) is 12.2 Å². The zero-order chi connectivity index (χ0) is 11.0. The van der Waals surface area contributed by atoms with Crippen LogP contribution >= 0.6 is 0 Å². The summed E-state index contributed by atoms with van der Waals surface area (Å²) in [4.78, 5) is 23.9. The van der Waals surface area contributed by atoms with Crippen molar-refractivity contribution in [1.29, 1.82) is 0 Å². The summed E-state index contributed by atoms with van der Waals surface area (Å²) in [5.41, 5.74) is 5.65. The third-order valence-electron chi connectivity index (χ3n) is 2.98. The normalized spacial score (nSPS) is 30.3. The van der Waals surface area contributed by atoms with E-state index in [2.05, 4.69) is 0 Å². The number of carboxylic acid groups (broad SMARTS) is 1. The molecule has 0 saturated carbocycles. The van der Waals surface area contributed by atoms with E-state index in [1.165, 1.54) is 0 Å². The van der Waals surface area contributed by atoms with Gasteiger partial charge in [-0.3, -0.25) is 9.59 Å². The lowest BCUT2D eigenvalue weighted by molar-refractivity contribution is -0.153. The molecule has 15 heavy (non-hydrogen) atoms. The molecule has 2 aliphatic rings. The van der Waals surface area contributed by atoms with Gasteiger partial charge in [-0.25, -0.2) is 0 Å². The second-order valence-corrected chi connectivity index (χ2v) is 4.17. The van der Waals surface area contributed by atoms with Crippen LogP contribution in [-0.4, -0.2) is 41.0 Å². The number of carbonyl (C=O) groups excluding carboxylic acids is 1. The maximum absolute atomic E-state index is 11.8. The molecule has 5 heteroatoms. The third-order valence-corrected chi connectivity index (χ3v) is 2.98. The Morgan fingerprint density at radius 1 is 1.33 bits per heavy atom. The predicted molar refractivity (Wildman–Crippen MR) is 52.9 cm³/mol. The summed E-state index contributed by atoms with van der Waals surface area (Å²) in [5, 5.41) is 8.67. The van der Waals surface area contributed by atoms with E-state index in [9.17, 15) is 9.59 Å². The van der Waals surface area contributed by atoms with Crippen molar-refractivity contribution in [2.45, 2.75) is 12.5 Å². The minimum absolute atomic E-state index is 0.0108. The van der Waals surface area contributed by atoms with Crippen LogP contribution in [0.25, 0.3) is 0 Å². The number of nitrogens with two attached hydrogens (primary N) is 1. The second-order valence-electron chi connectivity index (χ2n) is 4.17. The first-order chi connectivity index (χ1) is 7.08. The minimum atomic E-state index is -0.822. The topological polar surface area (TPSA) is 83.6 Å². The van der Waals surface area contributed by atoms with E-state index >= 15 is 0 Å². The molecular weight excluding hydrogens is 196 g/mol. The minimum Gasteiger partial charge on any atom is -0.481 e. The van der Waals surface area contributed by atoms with Gasteiger partial charge in [-0.05, 0) is 6.42 Å². The van der Waals surface area contributed by atoms with Gasteiger partial charge in [-0.2, -0.15) is 0 Å². The average molecular weight is 210 g/mol. The van der Waals surface area contributed by atoms with E-state index in [0.717, 1.165) is 0 Å². The molecule has 1 fully saturated rings. The van der Waals surface area contributed by atoms with Crippen molar-refractivity contribution in [1.82, 2.24) is 4.90 Å². The Bertz CT molecular complexity index is 321. The first kappa shape index (κ1) is 10.2. The first-order valence-corrected chi connectivity index (χ1v) is 5.03. The summed E-state index contributed by atoms with van der Waals surface area (Å²) in [7, 11) is 0. The molecule has 0 bridgehead atoms. The maximum atomic E-state index is 11.8. The van der Waals surface area contributed by atoms with Crippen LogP contribution in [0.5, 0.6) is 0 Å². The highest BCUT2D eigenvalue weighted by Gasteiger charge is 2.38. The van der Waals surface area contributed by atoms with Crippen LogP contribution in [0.2, 0.25) is 0 Å². The standard InChI is InChI=1S/C10H14N2O3/c11-8-2-1-6(3-8)9(13)12-4-7(5-12)10(14)15/h1-2,6-8H,3-5,11H2,(H,14,15). The molecule has 1 amide bonds. The van der Waals surface area contributed by atoms with Crippen molar-refractivity contribution in [3.63, 3.8) is 0 Å². The van der Waals surface area contributed by atoms with Crippen LogP contribution in [0.3, 0.4) is 0 Å². The van der Waals surface area contributed by atoms with Crippen molar-refractivity contribution in [2.75, 3.05) is 13.1 Å². The molecule has 2 rings (SSSR count). The van der Waals surface area contributed by atoms with Crippen LogP contribution in [-0.2, 0) is 9.59 Å². The third kappa shape index (κ3) is 1.87. The summed E-state index contributed by atoms with van der Waals surface area (Å²) in [6, 6.07) is -0.0319. The van der Waals surface area contributed by atoms with E-state index in [-0.39, 0.29) is 23.8 Å². The van der Waals surface area contributed by atoms with Crippen molar-refractivity contribution in [2.24, 2.45) is 17.6 Å². The Hall–Kier alpha value is -1.36. The van der Waals surface area contributed by atoms with E-state index < -0.39 is 5.97 Å². The smallest absolute Gasteiger partial charge is 0.310 e. The molecule has 1 aliphatic carbocycles. The molecule has 0 aromatic carbocycles. The van der Waals surface area contributed by atoms with Gasteiger partial charge < -0.3 is 15.7 Å². The van der Waals surface area contributed by atoms with E-state index in [1.54, 1.807) is 4.90 Å². The molecule has 0 spiro atoms. The molecule has 2 unspecified atom stereocenters. The summed E-state index contributed by atoms with van der Waals surface area (Å²) in [5.74, 6) is -1.34. The molecule has 1 aliphatic heterocycles. The van der Waals surface area contributed by atoms with Crippen LogP contribution in [0.4, 0.5) is 0 Å². The van der Waals surface area contributed by atoms with E-state index in [0.29, 0.717) is 19.5 Å². The SMILES string of the molecule is NC1C=CC(C(=O)N2CC(C(=O)O)C2)C1. The fourth-order valence-electron chi connectivity index (χ4n) is 1.96. The number of carboxylic acids is 1. The fraction of sp³-hybridized carbons (Fsp3) is 0.600. The maximum Gasteiger partial charge on any atom is 0.310 e. The number of hydrogen-bond donors (Lipinski definition) is 2. The van der Waals surface area contributed by atoms with Crippen LogP contribution in [0, 0.1) is 11.8 Å². The highest BCUT2D eigenvalue weighted by Crippen LogP contribution is 2.24. The van der Waals surface area contributed by atoms with Gasteiger partial charge in [0, 0.05) is 19.1 Å². The molecule has 5 nitrogen and oxygen atoms in total. The highest BCUT2D eigenvalue weighted by molar-refractivity contribution is 5.84. The number of nitrogens with zero attached hydrogens (tertiary/aromatic N) is 1. The summed E-state index contributed by atoms with van der Waals surface area (Å²) >= 11 is 0. The summed E-state index contributed by atoms with van der Waals surface area (Å²) < 4.78 is 0. The highest BCUT2D eigenvalue weighted by atomic mass is 16.4. The van der Waals surface area contributed by atoms with Gasteiger partial charge in [-0.15, -0.1) is 0 Å². The van der Waals surface area contributed by atoms with Crippen molar-refractivity contribution >= 4 is 11.9 Å². The van der Waals surface area contributed by atoms with Gasteiger partial charge in [0.05, 0.1) is 11.8 Å². The number of amides is 1. The lowest BCUT2D eigenvalue weighted by Crippen LogP contribution is -2.54. The monoisotopic (exact) mass is 210 g/mol. The van der Waals surface area contributed by atoms with Gasteiger partial charge >= 0.3 is 5.97 Å². The Labute approximate surface area is 87.5 Å². The molecule has 82 valence electrons. The van der Waals surface area contributed by atoms with Gasteiger partial charge in [-0.1, -0.05) is 12.2 Å². The number of rotatable bonds is 2. The Balaban J connectivity index is 1.84. The molecule has 1 heterocycles. The van der Waals surface area contributed by atoms with Crippen molar-refractivity contribution in [3.8, 4) is 0 Å². The lowest BCUT2D eigenvalue weighted by Gasteiger charge is -2.38. The first-order valence-electron chi connectivity index (χ1n) is 5.03. The molecule has 0 aromatic rings. The van der Waals surface area contributed by atoms with Crippen LogP contribution < -0.4 is 5.73 Å². The zero-order valence-corrected chi connectivity index (χ0v) is 8.30. The zero-order valence-electron chi connectivity index (χ0n) is 8.30. The Kier molecular flexibility index (Phi) is 2.48. The van der Waals surface area contributed by atoms with Gasteiger partial charge in [0.15, 0.2) is 0 Å². The molecular formula is C10H14N2O3. The fourth-order valence-corrected chi connectivity index (χ4v) is 1.96. The largest absolute Gasteiger partial charge is 0.481 e. The predicted octanol–water partition coefficient (Wildman–Crippen LogP) is -0.567. The molecule has 3 N–H and O–H groups in total. The Morgan fingerprint density at radius 3 is 2.47 bits per heavy atom. The van der Waals surface area contributed by atoms with E-state index in [4.69, 9.17) is 10.8 Å². The quantitative estimate of drug-likeness (QED) is 0.598. The van der Waals surface area contributed by atoms with Crippen LogP contribution in [0.1, 0.15) is 6.42 Å². The number of likely N-dealkylation sites (tertiary alicyclic amines) is 1. The molecule has 2 atom stereocenters. The second kappa shape index (κ2) is 3.66. The molecule has 0 radical (unpaired) electrons. The number of hydrogen-bond acceptors (Lipinski definition) is 3. The van der Waals surface area contributed by atoms with Gasteiger partial charge in [0.25, 0.3) is 0 Å². The Morgan fingerprint density at radius 2 is 2.00 bits per heavy atom. The summed E-state index contributed by atoms with van der Waals surface area (Å²) in [6.07, 6.45) is 4.30. The van der Waals surface area contributed by atoms with Gasteiger partial charge in [0.2, 0.25) is 5.91 Å². The number of carbonyl (C=O) groups is 2. The van der Waals surface area contributed by atoms with Gasteiger partial charge in [0.1, 0.15) is 0 Å². The lowest BCUT2D eigenvalue weighted by atomic mass is 9.97.